The lowest BCUT2D eigenvalue weighted by molar-refractivity contribution is 0.0371. The molecule has 7 heteroatoms. The summed E-state index contributed by atoms with van der Waals surface area (Å²) in [7, 11) is 0. The number of nitrogens with zero attached hydrogens (tertiary/aromatic N) is 2. The molecule has 2 aromatic carbocycles. The minimum atomic E-state index is -0.692. The summed E-state index contributed by atoms with van der Waals surface area (Å²) >= 11 is 0. The van der Waals surface area contributed by atoms with Crippen molar-refractivity contribution in [1.82, 2.24) is 14.5 Å². The fraction of sp³-hybridized carbons (Fsp3) is 0.130. The summed E-state index contributed by atoms with van der Waals surface area (Å²) in [6.45, 7) is 1.98. The first-order valence-electron chi connectivity index (χ1n) is 9.52. The Balaban J connectivity index is 1.72. The molecule has 0 saturated heterocycles. The van der Waals surface area contributed by atoms with Gasteiger partial charge in [-0.1, -0.05) is 36.4 Å². The van der Waals surface area contributed by atoms with Crippen molar-refractivity contribution in [3.63, 3.8) is 0 Å². The van der Waals surface area contributed by atoms with Crippen molar-refractivity contribution in [2.45, 2.75) is 19.6 Å². The fourth-order valence-corrected chi connectivity index (χ4v) is 3.30. The van der Waals surface area contributed by atoms with E-state index in [1.54, 1.807) is 25.3 Å². The fourth-order valence-electron chi connectivity index (χ4n) is 3.30. The van der Waals surface area contributed by atoms with Crippen molar-refractivity contribution >= 4 is 16.9 Å². The van der Waals surface area contributed by atoms with Crippen LogP contribution in [0.4, 0.5) is 0 Å². The van der Waals surface area contributed by atoms with Gasteiger partial charge < -0.3 is 9.72 Å². The van der Waals surface area contributed by atoms with E-state index in [9.17, 15) is 14.4 Å². The van der Waals surface area contributed by atoms with E-state index in [2.05, 4.69) is 9.97 Å². The molecule has 7 nitrogen and oxygen atoms in total. The number of hydrogen-bond acceptors (Lipinski definition) is 5. The minimum absolute atomic E-state index is 0.226. The van der Waals surface area contributed by atoms with E-state index in [0.29, 0.717) is 16.6 Å². The zero-order valence-corrected chi connectivity index (χ0v) is 16.2. The van der Waals surface area contributed by atoms with Crippen molar-refractivity contribution in [2.75, 3.05) is 0 Å². The van der Waals surface area contributed by atoms with Crippen LogP contribution < -0.4 is 11.2 Å². The number of aromatic amines is 1. The molecule has 0 amide bonds. The maximum atomic E-state index is 12.9. The quantitative estimate of drug-likeness (QED) is 0.519. The predicted octanol–water partition coefficient (Wildman–Crippen LogP) is 3.05. The lowest BCUT2D eigenvalue weighted by Crippen LogP contribution is -2.34. The van der Waals surface area contributed by atoms with Crippen LogP contribution in [-0.4, -0.2) is 20.5 Å². The van der Waals surface area contributed by atoms with Gasteiger partial charge in [-0.2, -0.15) is 0 Å². The van der Waals surface area contributed by atoms with Crippen molar-refractivity contribution in [3.05, 3.63) is 111 Å². The Morgan fingerprint density at radius 2 is 1.83 bits per heavy atom. The molecule has 2 aromatic heterocycles. The smallest absolute Gasteiger partial charge is 0.339 e. The van der Waals surface area contributed by atoms with Crippen molar-refractivity contribution in [1.29, 1.82) is 0 Å². The number of H-pyrrole nitrogens is 1. The zero-order chi connectivity index (χ0) is 21.1. The lowest BCUT2D eigenvalue weighted by atomic mass is 10.1. The maximum Gasteiger partial charge on any atom is 0.339 e. The highest BCUT2D eigenvalue weighted by atomic mass is 16.5. The molecular weight excluding hydrogens is 382 g/mol. The number of benzene rings is 2. The largest absolute Gasteiger partial charge is 0.447 e. The molecule has 0 unspecified atom stereocenters. The minimum Gasteiger partial charge on any atom is -0.447 e. The molecule has 0 fully saturated rings. The van der Waals surface area contributed by atoms with Crippen LogP contribution in [-0.2, 0) is 11.3 Å². The number of fused-ring (bicyclic) bond motifs is 1. The van der Waals surface area contributed by atoms with Crippen LogP contribution in [0.2, 0.25) is 0 Å². The Kier molecular flexibility index (Phi) is 5.26. The van der Waals surface area contributed by atoms with E-state index in [4.69, 9.17) is 4.74 Å². The van der Waals surface area contributed by atoms with Gasteiger partial charge in [-0.3, -0.25) is 14.3 Å². The van der Waals surface area contributed by atoms with Crippen molar-refractivity contribution in [3.8, 4) is 0 Å². The van der Waals surface area contributed by atoms with E-state index in [0.717, 1.165) is 10.1 Å². The lowest BCUT2D eigenvalue weighted by Gasteiger charge is -2.18. The second-order valence-electron chi connectivity index (χ2n) is 6.69. The number of pyridine rings is 1. The number of aromatic nitrogens is 3. The van der Waals surface area contributed by atoms with Gasteiger partial charge in [-0.05, 0) is 42.8 Å². The van der Waals surface area contributed by atoms with Gasteiger partial charge in [0.25, 0.3) is 5.56 Å². The summed E-state index contributed by atoms with van der Waals surface area (Å²) in [6.07, 6.45) is 0.946. The molecule has 4 aromatic rings. The highest BCUT2D eigenvalue weighted by Crippen LogP contribution is 2.26. The molecule has 0 spiro atoms. The third-order valence-corrected chi connectivity index (χ3v) is 4.82. The number of hydrogen-bond donors (Lipinski definition) is 1. The van der Waals surface area contributed by atoms with Gasteiger partial charge in [0, 0.05) is 12.7 Å². The summed E-state index contributed by atoms with van der Waals surface area (Å²) in [4.78, 5) is 44.4. The van der Waals surface area contributed by atoms with Crippen LogP contribution in [0.1, 0.15) is 34.6 Å². The Bertz CT molecular complexity index is 1270. The van der Waals surface area contributed by atoms with Gasteiger partial charge in [0.1, 0.15) is 0 Å². The molecule has 0 bridgehead atoms. The first-order chi connectivity index (χ1) is 14.6. The Morgan fingerprint density at radius 3 is 2.53 bits per heavy atom. The molecule has 150 valence electrons. The molecule has 0 radical (unpaired) electrons. The Hall–Kier alpha value is -4.00. The molecular formula is C23H19N3O4. The average Bonchev–Trinajstić information content (AvgIpc) is 2.78. The molecule has 0 aliphatic carbocycles. The molecule has 0 saturated carbocycles. The maximum absolute atomic E-state index is 12.9. The molecule has 0 aliphatic heterocycles. The molecule has 2 heterocycles. The third-order valence-electron chi connectivity index (χ3n) is 4.82. The Labute approximate surface area is 171 Å². The van der Waals surface area contributed by atoms with Crippen LogP contribution in [0.5, 0.6) is 0 Å². The van der Waals surface area contributed by atoms with E-state index in [-0.39, 0.29) is 12.1 Å². The van der Waals surface area contributed by atoms with Crippen LogP contribution in [0, 0.1) is 0 Å². The third kappa shape index (κ3) is 3.65. The van der Waals surface area contributed by atoms with E-state index in [1.807, 2.05) is 36.4 Å². The topological polar surface area (TPSA) is 94.1 Å². The number of nitrogens with one attached hydrogen (secondary N) is 1. The van der Waals surface area contributed by atoms with Crippen molar-refractivity contribution in [2.24, 2.45) is 0 Å². The van der Waals surface area contributed by atoms with Crippen LogP contribution in [0.3, 0.4) is 0 Å². The van der Waals surface area contributed by atoms with Gasteiger partial charge in [-0.25, -0.2) is 9.59 Å². The van der Waals surface area contributed by atoms with Crippen LogP contribution in [0.25, 0.3) is 10.9 Å². The summed E-state index contributed by atoms with van der Waals surface area (Å²) in [5, 5.41) is 0.331. The summed E-state index contributed by atoms with van der Waals surface area (Å²) in [6, 6.07) is 19.2. The van der Waals surface area contributed by atoms with Gasteiger partial charge in [0.2, 0.25) is 0 Å². The van der Waals surface area contributed by atoms with E-state index >= 15 is 0 Å². The van der Waals surface area contributed by atoms with Gasteiger partial charge in [-0.15, -0.1) is 0 Å². The SMILES string of the molecule is CCn1c(=O)[nH]c2cc(C(=O)O[C@H](c3ccccc3)c3ccccn3)ccc2c1=O. The molecule has 1 atom stereocenters. The molecule has 30 heavy (non-hydrogen) atoms. The molecule has 4 rings (SSSR count). The second-order valence-corrected chi connectivity index (χ2v) is 6.69. The highest BCUT2D eigenvalue weighted by molar-refractivity contribution is 5.94. The predicted molar refractivity (Wildman–Crippen MR) is 112 cm³/mol. The zero-order valence-electron chi connectivity index (χ0n) is 16.2. The average molecular weight is 401 g/mol. The monoisotopic (exact) mass is 401 g/mol. The molecule has 0 aliphatic rings. The summed E-state index contributed by atoms with van der Waals surface area (Å²) in [5.74, 6) is -0.586. The van der Waals surface area contributed by atoms with E-state index < -0.39 is 23.3 Å². The first kappa shape index (κ1) is 19.3. The van der Waals surface area contributed by atoms with Crippen molar-refractivity contribution < 1.29 is 9.53 Å². The second kappa shape index (κ2) is 8.16. The van der Waals surface area contributed by atoms with Gasteiger partial charge in [0.15, 0.2) is 6.10 Å². The van der Waals surface area contributed by atoms with Gasteiger partial charge >= 0.3 is 11.7 Å². The normalized spacial score (nSPS) is 11.9. The van der Waals surface area contributed by atoms with Crippen LogP contribution >= 0.6 is 0 Å². The first-order valence-corrected chi connectivity index (χ1v) is 9.52. The van der Waals surface area contributed by atoms with Crippen LogP contribution in [0.15, 0.2) is 82.5 Å². The molecule has 1 N–H and O–H groups in total. The number of carbonyl (C=O) groups excluding carboxylic acids is 1. The summed E-state index contributed by atoms with van der Waals surface area (Å²) in [5.41, 5.74) is 0.978. The Morgan fingerprint density at radius 1 is 1.07 bits per heavy atom. The van der Waals surface area contributed by atoms with E-state index in [1.165, 1.54) is 18.2 Å². The number of carbonyl (C=O) groups is 1. The summed E-state index contributed by atoms with van der Waals surface area (Å²) < 4.78 is 6.89. The number of esters is 1. The number of ether oxygens (including phenoxy) is 1. The van der Waals surface area contributed by atoms with Gasteiger partial charge in [0.05, 0.1) is 22.2 Å². The highest BCUT2D eigenvalue weighted by Gasteiger charge is 2.21. The standard InChI is InChI=1S/C23H19N3O4/c1-2-26-21(27)17-12-11-16(14-19(17)25-23(26)29)22(28)30-20(15-8-4-3-5-9-15)18-10-6-7-13-24-18/h3-14,20H,2H2,1H3,(H,25,29)/t20-/m1/s1. The number of rotatable bonds is 5.